The second-order valence-electron chi connectivity index (χ2n) is 9.50. The Balaban J connectivity index is 1.92. The van der Waals surface area contributed by atoms with Crippen LogP contribution in [-0.4, -0.2) is 68.3 Å². The summed E-state index contributed by atoms with van der Waals surface area (Å²) in [5.41, 5.74) is 6.95. The number of rotatable bonds is 13. The van der Waals surface area contributed by atoms with E-state index in [4.69, 9.17) is 19.7 Å². The van der Waals surface area contributed by atoms with Crippen molar-refractivity contribution in [2.75, 3.05) is 32.0 Å². The van der Waals surface area contributed by atoms with Crippen molar-refractivity contribution in [2.24, 2.45) is 5.92 Å². The third-order valence-electron chi connectivity index (χ3n) is 5.91. The van der Waals surface area contributed by atoms with Crippen LogP contribution >= 0.6 is 8.25 Å². The van der Waals surface area contributed by atoms with E-state index >= 15 is 0 Å². The van der Waals surface area contributed by atoms with E-state index in [-0.39, 0.29) is 36.9 Å². The number of benzene rings is 2. The Morgan fingerprint density at radius 3 is 2.45 bits per heavy atom. The number of nitrogens with two attached hydrogens (primary N) is 1. The van der Waals surface area contributed by atoms with Gasteiger partial charge in [-0.3, -0.25) is 0 Å². The largest absolute Gasteiger partial charge is 0.695 e. The van der Waals surface area contributed by atoms with E-state index in [9.17, 15) is 22.7 Å². The van der Waals surface area contributed by atoms with Gasteiger partial charge in [-0.15, -0.1) is 9.42 Å². The standard InChI is InChI=1S/C25H34N3O8PS/c1-18(2)15-28(38(32,33)22-10-8-20(26)9-11-22)16-24(36-37(30)31)23(14-19-6-4-3-5-7-19)27-25(29)35-21-12-13-34-17-21/h3-11,18,21,23-24H,12-17,26H2,1-2H3,(H-,27,29,30,31)/p+1/t21-,23?,24+/m0/s1. The molecule has 38 heavy (non-hydrogen) atoms. The van der Waals surface area contributed by atoms with Crippen LogP contribution in [0.15, 0.2) is 59.5 Å². The lowest BCUT2D eigenvalue weighted by Crippen LogP contribution is -2.52. The molecule has 4 atom stereocenters. The lowest BCUT2D eigenvalue weighted by atomic mass is 10.0. The highest BCUT2D eigenvalue weighted by Crippen LogP contribution is 2.26. The summed E-state index contributed by atoms with van der Waals surface area (Å²) in [6.07, 6.45) is -1.59. The van der Waals surface area contributed by atoms with Crippen LogP contribution in [0.1, 0.15) is 25.8 Å². The fourth-order valence-electron chi connectivity index (χ4n) is 4.10. The maximum atomic E-state index is 13.6. The van der Waals surface area contributed by atoms with Crippen LogP contribution in [0, 0.1) is 5.92 Å². The first-order valence-electron chi connectivity index (χ1n) is 12.3. The van der Waals surface area contributed by atoms with E-state index in [1.54, 1.807) is 0 Å². The Labute approximate surface area is 224 Å². The van der Waals surface area contributed by atoms with Gasteiger partial charge in [-0.05, 0) is 42.2 Å². The number of carbonyl (C=O) groups excluding carboxylic acids is 1. The molecule has 1 heterocycles. The molecule has 0 spiro atoms. The number of nitrogens with zero attached hydrogens (tertiary/aromatic N) is 1. The number of amides is 1. The second kappa shape index (κ2) is 14.0. The molecule has 0 aliphatic carbocycles. The van der Waals surface area contributed by atoms with Gasteiger partial charge in [0.1, 0.15) is 6.10 Å². The molecule has 11 nitrogen and oxygen atoms in total. The zero-order valence-corrected chi connectivity index (χ0v) is 23.1. The number of hydrogen-bond acceptors (Lipinski definition) is 8. The summed E-state index contributed by atoms with van der Waals surface area (Å²) in [5.74, 6) is -0.0741. The van der Waals surface area contributed by atoms with Crippen molar-refractivity contribution in [1.82, 2.24) is 9.62 Å². The van der Waals surface area contributed by atoms with Gasteiger partial charge in [0.05, 0.1) is 24.2 Å². The van der Waals surface area contributed by atoms with E-state index in [1.807, 2.05) is 44.2 Å². The van der Waals surface area contributed by atoms with Crippen molar-refractivity contribution < 1.29 is 36.7 Å². The summed E-state index contributed by atoms with van der Waals surface area (Å²) in [6, 6.07) is 14.0. The molecular weight excluding hydrogens is 533 g/mol. The lowest BCUT2D eigenvalue weighted by Gasteiger charge is -2.30. The van der Waals surface area contributed by atoms with E-state index in [0.717, 1.165) is 5.56 Å². The van der Waals surface area contributed by atoms with Gasteiger partial charge in [-0.25, -0.2) is 13.2 Å². The van der Waals surface area contributed by atoms with Crippen molar-refractivity contribution in [3.05, 3.63) is 60.2 Å². The summed E-state index contributed by atoms with van der Waals surface area (Å²) >= 11 is 0. The average Bonchev–Trinajstić information content (AvgIpc) is 3.36. The Morgan fingerprint density at radius 2 is 1.87 bits per heavy atom. The molecule has 3 rings (SSSR count). The van der Waals surface area contributed by atoms with Gasteiger partial charge >= 0.3 is 14.3 Å². The maximum absolute atomic E-state index is 13.6. The summed E-state index contributed by atoms with van der Waals surface area (Å²) < 4.78 is 56.3. The van der Waals surface area contributed by atoms with Crippen LogP contribution in [0.2, 0.25) is 0 Å². The minimum absolute atomic E-state index is 0.0210. The van der Waals surface area contributed by atoms with Crippen LogP contribution < -0.4 is 11.1 Å². The minimum atomic E-state index is -4.04. The summed E-state index contributed by atoms with van der Waals surface area (Å²) in [4.78, 5) is 22.5. The SMILES string of the molecule is CC(C)CN(C[C@@H](O[P+](=O)O)C(Cc1ccccc1)NC(=O)O[C@H]1CCOC1)S(=O)(=O)c1ccc(N)cc1. The van der Waals surface area contributed by atoms with Crippen molar-refractivity contribution in [3.63, 3.8) is 0 Å². The summed E-state index contributed by atoms with van der Waals surface area (Å²) in [5, 5.41) is 2.74. The van der Waals surface area contributed by atoms with Crippen molar-refractivity contribution in [1.29, 1.82) is 0 Å². The average molecular weight is 569 g/mol. The highest BCUT2D eigenvalue weighted by Gasteiger charge is 2.38. The molecule has 13 heteroatoms. The van der Waals surface area contributed by atoms with Gasteiger partial charge in [0.15, 0.2) is 6.10 Å². The van der Waals surface area contributed by atoms with Gasteiger partial charge in [0, 0.05) is 29.8 Å². The number of hydrogen-bond donors (Lipinski definition) is 3. The topological polar surface area (TPSA) is 157 Å². The van der Waals surface area contributed by atoms with Gasteiger partial charge in [0.25, 0.3) is 0 Å². The number of carbonyl (C=O) groups is 1. The van der Waals surface area contributed by atoms with Crippen LogP contribution in [0.25, 0.3) is 0 Å². The molecule has 2 unspecified atom stereocenters. The van der Waals surface area contributed by atoms with Crippen molar-refractivity contribution in [3.8, 4) is 0 Å². The maximum Gasteiger partial charge on any atom is 0.695 e. The normalized spacial score (nSPS) is 17.8. The number of nitrogens with one attached hydrogen (secondary N) is 1. The first-order chi connectivity index (χ1) is 18.0. The van der Waals surface area contributed by atoms with Crippen molar-refractivity contribution >= 4 is 30.1 Å². The number of nitrogen functional groups attached to an aromatic ring is 1. The first-order valence-corrected chi connectivity index (χ1v) is 14.9. The third-order valence-corrected chi connectivity index (χ3v) is 8.20. The molecule has 0 aromatic heterocycles. The molecule has 1 aliphatic heterocycles. The quantitative estimate of drug-likeness (QED) is 0.244. The lowest BCUT2D eigenvalue weighted by molar-refractivity contribution is 0.0689. The van der Waals surface area contributed by atoms with Crippen LogP contribution in [-0.2, 0) is 35.0 Å². The minimum Gasteiger partial charge on any atom is -0.444 e. The summed E-state index contributed by atoms with van der Waals surface area (Å²) in [7, 11) is -7.17. The van der Waals surface area contributed by atoms with Crippen molar-refractivity contribution in [2.45, 2.75) is 49.8 Å². The first kappa shape index (κ1) is 29.9. The molecule has 4 N–H and O–H groups in total. The van der Waals surface area contributed by atoms with E-state index in [1.165, 1.54) is 28.6 Å². The third kappa shape index (κ3) is 9.00. The Kier molecular flexibility index (Phi) is 11.0. The smallest absolute Gasteiger partial charge is 0.444 e. The van der Waals surface area contributed by atoms with Crippen LogP contribution in [0.5, 0.6) is 0 Å². The molecule has 1 fully saturated rings. The molecule has 0 radical (unpaired) electrons. The molecule has 1 saturated heterocycles. The van der Waals surface area contributed by atoms with E-state index < -0.39 is 42.6 Å². The predicted molar refractivity (Wildman–Crippen MR) is 142 cm³/mol. The highest BCUT2D eigenvalue weighted by atomic mass is 32.2. The van der Waals surface area contributed by atoms with E-state index in [2.05, 4.69) is 5.32 Å². The Morgan fingerprint density at radius 1 is 1.18 bits per heavy atom. The molecule has 2 aromatic carbocycles. The molecule has 208 valence electrons. The fourth-order valence-corrected chi connectivity index (χ4v) is 6.16. The second-order valence-corrected chi connectivity index (χ2v) is 12.1. The molecule has 1 amide bonds. The van der Waals surface area contributed by atoms with Crippen LogP contribution in [0.3, 0.4) is 0 Å². The van der Waals surface area contributed by atoms with E-state index in [0.29, 0.717) is 18.7 Å². The Bertz CT molecular complexity index is 1160. The fraction of sp³-hybridized carbons (Fsp3) is 0.480. The van der Waals surface area contributed by atoms with Gasteiger partial charge in [0.2, 0.25) is 10.0 Å². The predicted octanol–water partition coefficient (Wildman–Crippen LogP) is 3.08. The Hall–Kier alpha value is -2.60. The molecule has 2 aromatic rings. The number of anilines is 1. The summed E-state index contributed by atoms with van der Waals surface area (Å²) in [6.45, 7) is 4.29. The zero-order valence-electron chi connectivity index (χ0n) is 21.4. The zero-order chi connectivity index (χ0) is 27.7. The number of sulfonamides is 1. The van der Waals surface area contributed by atoms with Gasteiger partial charge in [-0.1, -0.05) is 44.2 Å². The van der Waals surface area contributed by atoms with Gasteiger partial charge in [-0.2, -0.15) is 4.31 Å². The monoisotopic (exact) mass is 568 g/mol. The van der Waals surface area contributed by atoms with Crippen LogP contribution in [0.4, 0.5) is 10.5 Å². The van der Waals surface area contributed by atoms with Gasteiger partial charge < -0.3 is 20.5 Å². The molecule has 0 bridgehead atoms. The number of ether oxygens (including phenoxy) is 2. The highest BCUT2D eigenvalue weighted by molar-refractivity contribution is 7.89. The molecular formula is C25H35N3O8PS+. The number of alkyl carbamates (subject to hydrolysis) is 1. The molecule has 0 saturated carbocycles. The molecule has 1 aliphatic rings.